The summed E-state index contributed by atoms with van der Waals surface area (Å²) in [5, 5.41) is 13.4. The highest BCUT2D eigenvalue weighted by Crippen LogP contribution is 2.14. The Bertz CT molecular complexity index is 569. The number of halogens is 1. The molecule has 0 fully saturated rings. The third kappa shape index (κ3) is 3.74. The number of anilines is 2. The first-order valence-corrected chi connectivity index (χ1v) is 6.33. The number of nitrogens with one attached hydrogen (secondary N) is 2. The zero-order valence-electron chi connectivity index (χ0n) is 11.1. The summed E-state index contributed by atoms with van der Waals surface area (Å²) < 4.78 is 12.8. The molecule has 0 aliphatic rings. The molecule has 1 heterocycles. The molecule has 2 N–H and O–H groups in total. The van der Waals surface area contributed by atoms with Gasteiger partial charge in [-0.05, 0) is 42.8 Å². The molecule has 6 heteroatoms. The van der Waals surface area contributed by atoms with Crippen LogP contribution in [-0.2, 0) is 0 Å². The minimum atomic E-state index is -0.301. The van der Waals surface area contributed by atoms with Crippen LogP contribution in [0.2, 0.25) is 0 Å². The lowest BCUT2D eigenvalue weighted by molar-refractivity contribution is 0.0947. The summed E-state index contributed by atoms with van der Waals surface area (Å²) in [5.41, 5.74) is 0.965. The minimum absolute atomic E-state index is 0.243. The highest BCUT2D eigenvalue weighted by molar-refractivity contribution is 5.92. The molecule has 104 valence electrons. The predicted molar refractivity (Wildman–Crippen MR) is 74.3 cm³/mol. The van der Waals surface area contributed by atoms with E-state index in [1.807, 2.05) is 6.92 Å². The SMILES string of the molecule is CCCNC(=O)c1ccc(Nc2ccc(F)cc2)nn1. The van der Waals surface area contributed by atoms with Crippen molar-refractivity contribution in [3.8, 4) is 0 Å². The maximum atomic E-state index is 12.8. The van der Waals surface area contributed by atoms with E-state index < -0.39 is 0 Å². The fraction of sp³-hybridized carbons (Fsp3) is 0.214. The molecule has 0 radical (unpaired) electrons. The molecule has 1 amide bonds. The highest BCUT2D eigenvalue weighted by Gasteiger charge is 2.07. The van der Waals surface area contributed by atoms with Gasteiger partial charge >= 0.3 is 0 Å². The largest absolute Gasteiger partial charge is 0.351 e. The number of hydrogen-bond donors (Lipinski definition) is 2. The normalized spacial score (nSPS) is 10.1. The molecule has 5 nitrogen and oxygen atoms in total. The van der Waals surface area contributed by atoms with Crippen molar-refractivity contribution in [2.45, 2.75) is 13.3 Å². The molecule has 2 rings (SSSR count). The van der Waals surface area contributed by atoms with E-state index in [0.29, 0.717) is 18.1 Å². The number of nitrogens with zero attached hydrogens (tertiary/aromatic N) is 2. The molecule has 0 saturated heterocycles. The number of carbonyl (C=O) groups is 1. The van der Waals surface area contributed by atoms with Gasteiger partial charge in [-0.1, -0.05) is 6.92 Å². The van der Waals surface area contributed by atoms with Crippen molar-refractivity contribution in [3.05, 3.63) is 47.9 Å². The van der Waals surface area contributed by atoms with Gasteiger partial charge in [0.2, 0.25) is 0 Å². The number of rotatable bonds is 5. The Morgan fingerprint density at radius 1 is 1.15 bits per heavy atom. The Hall–Kier alpha value is -2.50. The van der Waals surface area contributed by atoms with Crippen molar-refractivity contribution in [3.63, 3.8) is 0 Å². The van der Waals surface area contributed by atoms with E-state index in [0.717, 1.165) is 6.42 Å². The molecule has 0 aliphatic carbocycles. The molecule has 2 aromatic rings. The summed E-state index contributed by atoms with van der Waals surface area (Å²) in [6.07, 6.45) is 0.864. The molecule has 20 heavy (non-hydrogen) atoms. The van der Waals surface area contributed by atoms with Gasteiger partial charge in [0.25, 0.3) is 5.91 Å². The average Bonchev–Trinajstić information content (AvgIpc) is 2.48. The quantitative estimate of drug-likeness (QED) is 0.879. The van der Waals surface area contributed by atoms with E-state index in [-0.39, 0.29) is 17.4 Å². The summed E-state index contributed by atoms with van der Waals surface area (Å²) in [6.45, 7) is 2.58. The monoisotopic (exact) mass is 274 g/mol. The molecule has 0 spiro atoms. The van der Waals surface area contributed by atoms with Gasteiger partial charge in [-0.3, -0.25) is 4.79 Å². The number of benzene rings is 1. The van der Waals surface area contributed by atoms with E-state index >= 15 is 0 Å². The number of carbonyl (C=O) groups excluding carboxylic acids is 1. The van der Waals surface area contributed by atoms with Crippen LogP contribution in [-0.4, -0.2) is 22.6 Å². The average molecular weight is 274 g/mol. The first-order chi connectivity index (χ1) is 9.69. The summed E-state index contributed by atoms with van der Waals surface area (Å²) in [5.74, 6) is -0.0547. The van der Waals surface area contributed by atoms with Gasteiger partial charge in [0.05, 0.1) is 0 Å². The third-order valence-electron chi connectivity index (χ3n) is 2.55. The minimum Gasteiger partial charge on any atom is -0.351 e. The molecule has 1 aromatic carbocycles. The highest BCUT2D eigenvalue weighted by atomic mass is 19.1. The second-order valence-electron chi connectivity index (χ2n) is 4.19. The predicted octanol–water partition coefficient (Wildman–Crippen LogP) is 2.50. The molecular weight excluding hydrogens is 259 g/mol. The molecule has 0 unspecified atom stereocenters. The first kappa shape index (κ1) is 13.9. The van der Waals surface area contributed by atoms with Gasteiger partial charge in [-0.15, -0.1) is 10.2 Å². The smallest absolute Gasteiger partial charge is 0.271 e. The lowest BCUT2D eigenvalue weighted by Gasteiger charge is -2.06. The summed E-state index contributed by atoms with van der Waals surface area (Å²) in [7, 11) is 0. The van der Waals surface area contributed by atoms with Gasteiger partial charge in [0, 0.05) is 12.2 Å². The van der Waals surface area contributed by atoms with Gasteiger partial charge in [-0.2, -0.15) is 0 Å². The topological polar surface area (TPSA) is 66.9 Å². The first-order valence-electron chi connectivity index (χ1n) is 6.33. The van der Waals surface area contributed by atoms with Crippen LogP contribution in [0.4, 0.5) is 15.9 Å². The lowest BCUT2D eigenvalue weighted by Crippen LogP contribution is -2.25. The summed E-state index contributed by atoms with van der Waals surface area (Å²) in [4.78, 5) is 11.6. The van der Waals surface area contributed by atoms with Crippen LogP contribution in [0.3, 0.4) is 0 Å². The van der Waals surface area contributed by atoms with E-state index in [1.165, 1.54) is 12.1 Å². The van der Waals surface area contributed by atoms with Gasteiger partial charge < -0.3 is 10.6 Å². The third-order valence-corrected chi connectivity index (χ3v) is 2.55. The van der Waals surface area contributed by atoms with E-state index in [4.69, 9.17) is 0 Å². The molecule has 0 bridgehead atoms. The van der Waals surface area contributed by atoms with Crippen LogP contribution >= 0.6 is 0 Å². The summed E-state index contributed by atoms with van der Waals surface area (Å²) in [6, 6.07) is 9.13. The molecule has 0 atom stereocenters. The van der Waals surface area contributed by atoms with E-state index in [2.05, 4.69) is 20.8 Å². The van der Waals surface area contributed by atoms with Crippen molar-refractivity contribution in [1.29, 1.82) is 0 Å². The number of hydrogen-bond acceptors (Lipinski definition) is 4. The van der Waals surface area contributed by atoms with Crippen molar-refractivity contribution >= 4 is 17.4 Å². The van der Waals surface area contributed by atoms with Crippen LogP contribution in [0.1, 0.15) is 23.8 Å². The van der Waals surface area contributed by atoms with Crippen LogP contribution in [0.25, 0.3) is 0 Å². The zero-order valence-corrected chi connectivity index (χ0v) is 11.1. The Morgan fingerprint density at radius 2 is 1.90 bits per heavy atom. The standard InChI is InChI=1S/C14H15FN4O/c1-2-9-16-14(20)12-7-8-13(19-18-12)17-11-5-3-10(15)4-6-11/h3-8H,2,9H2,1H3,(H,16,20)(H,17,19). The molecule has 1 aromatic heterocycles. The van der Waals surface area contributed by atoms with Crippen molar-refractivity contribution in [2.75, 3.05) is 11.9 Å². The van der Waals surface area contributed by atoms with Crippen LogP contribution in [0.5, 0.6) is 0 Å². The molecular formula is C14H15FN4O. The van der Waals surface area contributed by atoms with Crippen molar-refractivity contribution < 1.29 is 9.18 Å². The van der Waals surface area contributed by atoms with Gasteiger partial charge in [0.1, 0.15) is 5.82 Å². The Balaban J connectivity index is 2.01. The maximum Gasteiger partial charge on any atom is 0.271 e. The fourth-order valence-electron chi connectivity index (χ4n) is 1.53. The Labute approximate surface area is 116 Å². The maximum absolute atomic E-state index is 12.8. The van der Waals surface area contributed by atoms with Crippen molar-refractivity contribution in [1.82, 2.24) is 15.5 Å². The fourth-order valence-corrected chi connectivity index (χ4v) is 1.53. The van der Waals surface area contributed by atoms with Crippen molar-refractivity contribution in [2.24, 2.45) is 0 Å². The second kappa shape index (κ2) is 6.60. The number of aromatic nitrogens is 2. The van der Waals surface area contributed by atoms with Crippen LogP contribution in [0.15, 0.2) is 36.4 Å². The van der Waals surface area contributed by atoms with Crippen LogP contribution < -0.4 is 10.6 Å². The Morgan fingerprint density at radius 3 is 2.50 bits per heavy atom. The molecule has 0 aliphatic heterocycles. The summed E-state index contributed by atoms with van der Waals surface area (Å²) >= 11 is 0. The number of amides is 1. The Kier molecular flexibility index (Phi) is 4.60. The molecule has 0 saturated carbocycles. The zero-order chi connectivity index (χ0) is 14.4. The van der Waals surface area contributed by atoms with Gasteiger partial charge in [-0.25, -0.2) is 4.39 Å². The van der Waals surface area contributed by atoms with E-state index in [1.54, 1.807) is 24.3 Å². The van der Waals surface area contributed by atoms with Gasteiger partial charge in [0.15, 0.2) is 11.5 Å². The van der Waals surface area contributed by atoms with Crippen LogP contribution in [0, 0.1) is 5.82 Å². The van der Waals surface area contributed by atoms with E-state index in [9.17, 15) is 9.18 Å². The second-order valence-corrected chi connectivity index (χ2v) is 4.19. The lowest BCUT2D eigenvalue weighted by atomic mass is 10.3.